The van der Waals surface area contributed by atoms with Crippen LogP contribution < -0.4 is 4.74 Å². The van der Waals surface area contributed by atoms with Crippen molar-refractivity contribution in [1.29, 1.82) is 0 Å². The number of aryl methyl sites for hydroxylation is 2. The van der Waals surface area contributed by atoms with Gasteiger partial charge in [0.05, 0.1) is 7.11 Å². The van der Waals surface area contributed by atoms with Gasteiger partial charge in [0, 0.05) is 6.42 Å². The summed E-state index contributed by atoms with van der Waals surface area (Å²) in [6.45, 7) is 2.55. The highest BCUT2D eigenvalue weighted by Crippen LogP contribution is 2.22. The van der Waals surface area contributed by atoms with Gasteiger partial charge in [-0.25, -0.2) is 0 Å². The molecular formula is C24H24O3. The Balaban J connectivity index is 1.63. The number of esters is 1. The van der Waals surface area contributed by atoms with Crippen molar-refractivity contribution in [1.82, 2.24) is 0 Å². The SMILES string of the molecule is COC(=O)CCc1ccc(OCc2cccc(-c3ccccc3)c2)cc1C. The molecule has 3 nitrogen and oxygen atoms in total. The molecule has 0 heterocycles. The highest BCUT2D eigenvalue weighted by Gasteiger charge is 2.06. The molecule has 0 aromatic heterocycles. The molecule has 3 aromatic carbocycles. The summed E-state index contributed by atoms with van der Waals surface area (Å²) in [6, 6.07) is 24.7. The van der Waals surface area contributed by atoms with E-state index in [9.17, 15) is 4.79 Å². The zero-order chi connectivity index (χ0) is 19.1. The first kappa shape index (κ1) is 18.7. The fraction of sp³-hybridized carbons (Fsp3) is 0.208. The van der Waals surface area contributed by atoms with Crippen molar-refractivity contribution < 1.29 is 14.3 Å². The summed E-state index contributed by atoms with van der Waals surface area (Å²) in [4.78, 5) is 11.3. The first-order chi connectivity index (χ1) is 13.2. The number of hydrogen-bond donors (Lipinski definition) is 0. The van der Waals surface area contributed by atoms with E-state index in [2.05, 4.69) is 36.4 Å². The molecule has 0 aliphatic heterocycles. The molecule has 3 aromatic rings. The monoisotopic (exact) mass is 360 g/mol. The van der Waals surface area contributed by atoms with Crippen LogP contribution in [0.5, 0.6) is 5.75 Å². The van der Waals surface area contributed by atoms with E-state index in [4.69, 9.17) is 9.47 Å². The second kappa shape index (κ2) is 9.04. The van der Waals surface area contributed by atoms with Crippen molar-refractivity contribution in [2.24, 2.45) is 0 Å². The van der Waals surface area contributed by atoms with E-state index in [1.807, 2.05) is 43.3 Å². The van der Waals surface area contributed by atoms with Crippen LogP contribution in [0.3, 0.4) is 0 Å². The van der Waals surface area contributed by atoms with Gasteiger partial charge in [-0.15, -0.1) is 0 Å². The Labute approximate surface area is 160 Å². The van der Waals surface area contributed by atoms with Crippen LogP contribution in [0.2, 0.25) is 0 Å². The Bertz CT molecular complexity index is 901. The van der Waals surface area contributed by atoms with Gasteiger partial charge >= 0.3 is 5.97 Å². The summed E-state index contributed by atoms with van der Waals surface area (Å²) >= 11 is 0. The molecule has 0 radical (unpaired) electrons. The summed E-state index contributed by atoms with van der Waals surface area (Å²) in [5.41, 5.74) is 5.77. The zero-order valence-electron chi connectivity index (χ0n) is 15.8. The van der Waals surface area contributed by atoms with Crippen molar-refractivity contribution in [3.8, 4) is 16.9 Å². The molecule has 0 saturated heterocycles. The van der Waals surface area contributed by atoms with Crippen LogP contribution >= 0.6 is 0 Å². The van der Waals surface area contributed by atoms with Crippen LogP contribution in [0.4, 0.5) is 0 Å². The minimum atomic E-state index is -0.187. The van der Waals surface area contributed by atoms with Gasteiger partial charge in [0.1, 0.15) is 12.4 Å². The van der Waals surface area contributed by atoms with E-state index in [1.54, 1.807) is 0 Å². The maximum atomic E-state index is 11.3. The number of benzene rings is 3. The summed E-state index contributed by atoms with van der Waals surface area (Å²) in [7, 11) is 1.42. The molecular weight excluding hydrogens is 336 g/mol. The lowest BCUT2D eigenvalue weighted by atomic mass is 10.0. The summed E-state index contributed by atoms with van der Waals surface area (Å²) in [5.74, 6) is 0.646. The molecule has 0 bridgehead atoms. The van der Waals surface area contributed by atoms with Crippen LogP contribution in [0, 0.1) is 6.92 Å². The average Bonchev–Trinajstić information content (AvgIpc) is 2.72. The summed E-state index contributed by atoms with van der Waals surface area (Å²) in [5, 5.41) is 0. The van der Waals surface area contributed by atoms with Crippen molar-refractivity contribution in [3.05, 3.63) is 89.5 Å². The molecule has 0 fully saturated rings. The van der Waals surface area contributed by atoms with E-state index in [1.165, 1.54) is 18.2 Å². The first-order valence-corrected chi connectivity index (χ1v) is 9.09. The first-order valence-electron chi connectivity index (χ1n) is 9.09. The Kier molecular flexibility index (Phi) is 6.26. The van der Waals surface area contributed by atoms with Crippen molar-refractivity contribution in [2.75, 3.05) is 7.11 Å². The number of methoxy groups -OCH3 is 1. The average molecular weight is 360 g/mol. The van der Waals surface area contributed by atoms with Gasteiger partial charge in [0.15, 0.2) is 0 Å². The second-order valence-corrected chi connectivity index (χ2v) is 6.52. The maximum Gasteiger partial charge on any atom is 0.305 e. The fourth-order valence-electron chi connectivity index (χ4n) is 3.02. The molecule has 0 unspecified atom stereocenters. The lowest BCUT2D eigenvalue weighted by Crippen LogP contribution is -2.03. The normalized spacial score (nSPS) is 10.4. The van der Waals surface area contributed by atoms with Gasteiger partial charge in [0.2, 0.25) is 0 Å². The van der Waals surface area contributed by atoms with E-state index in [0.29, 0.717) is 19.4 Å². The minimum Gasteiger partial charge on any atom is -0.489 e. The predicted octanol–water partition coefficient (Wildman–Crippen LogP) is 5.35. The van der Waals surface area contributed by atoms with Crippen LogP contribution in [0.25, 0.3) is 11.1 Å². The Morgan fingerprint density at radius 3 is 2.41 bits per heavy atom. The highest BCUT2D eigenvalue weighted by molar-refractivity contribution is 5.69. The van der Waals surface area contributed by atoms with Gasteiger partial charge in [-0.2, -0.15) is 0 Å². The summed E-state index contributed by atoms with van der Waals surface area (Å²) in [6.07, 6.45) is 1.07. The number of hydrogen-bond acceptors (Lipinski definition) is 3. The number of rotatable bonds is 7. The Morgan fingerprint density at radius 1 is 0.889 bits per heavy atom. The third-order valence-corrected chi connectivity index (χ3v) is 4.58. The molecule has 0 amide bonds. The molecule has 0 spiro atoms. The molecule has 0 aliphatic rings. The van der Waals surface area contributed by atoms with Crippen molar-refractivity contribution >= 4 is 5.97 Å². The van der Waals surface area contributed by atoms with Gasteiger partial charge < -0.3 is 9.47 Å². The quantitative estimate of drug-likeness (QED) is 0.533. The van der Waals surface area contributed by atoms with E-state index in [0.717, 1.165) is 22.4 Å². The topological polar surface area (TPSA) is 35.5 Å². The number of ether oxygens (including phenoxy) is 2. The third kappa shape index (κ3) is 5.20. The molecule has 138 valence electrons. The lowest BCUT2D eigenvalue weighted by Gasteiger charge is -2.11. The highest BCUT2D eigenvalue weighted by atomic mass is 16.5. The zero-order valence-corrected chi connectivity index (χ0v) is 15.8. The van der Waals surface area contributed by atoms with Crippen LogP contribution in [-0.4, -0.2) is 13.1 Å². The smallest absolute Gasteiger partial charge is 0.305 e. The number of carbonyl (C=O) groups excluding carboxylic acids is 1. The minimum absolute atomic E-state index is 0.187. The Hall–Kier alpha value is -3.07. The molecule has 0 atom stereocenters. The van der Waals surface area contributed by atoms with E-state index in [-0.39, 0.29) is 5.97 Å². The Morgan fingerprint density at radius 2 is 1.67 bits per heavy atom. The van der Waals surface area contributed by atoms with Gasteiger partial charge in [0.25, 0.3) is 0 Å². The third-order valence-electron chi connectivity index (χ3n) is 4.58. The number of carbonyl (C=O) groups is 1. The van der Waals surface area contributed by atoms with Crippen LogP contribution in [0.1, 0.15) is 23.1 Å². The van der Waals surface area contributed by atoms with Crippen LogP contribution in [0.15, 0.2) is 72.8 Å². The molecule has 0 N–H and O–H groups in total. The fourth-order valence-corrected chi connectivity index (χ4v) is 3.02. The molecule has 27 heavy (non-hydrogen) atoms. The molecule has 0 aliphatic carbocycles. The second-order valence-electron chi connectivity index (χ2n) is 6.52. The van der Waals surface area contributed by atoms with Gasteiger partial charge in [-0.3, -0.25) is 4.79 Å². The molecule has 0 saturated carbocycles. The van der Waals surface area contributed by atoms with E-state index >= 15 is 0 Å². The van der Waals surface area contributed by atoms with Crippen molar-refractivity contribution in [3.63, 3.8) is 0 Å². The van der Waals surface area contributed by atoms with Gasteiger partial charge in [-0.1, -0.05) is 54.6 Å². The van der Waals surface area contributed by atoms with Crippen LogP contribution in [-0.2, 0) is 22.6 Å². The van der Waals surface area contributed by atoms with E-state index < -0.39 is 0 Å². The van der Waals surface area contributed by atoms with Gasteiger partial charge in [-0.05, 0) is 59.4 Å². The summed E-state index contributed by atoms with van der Waals surface area (Å²) < 4.78 is 10.7. The molecule has 3 heteroatoms. The standard InChI is InChI=1S/C24H24O3/c1-18-15-23(13-11-20(18)12-14-24(25)26-2)27-17-19-7-6-10-22(16-19)21-8-4-3-5-9-21/h3-11,13,15-16H,12,14,17H2,1-2H3. The largest absolute Gasteiger partial charge is 0.489 e. The maximum absolute atomic E-state index is 11.3. The lowest BCUT2D eigenvalue weighted by molar-refractivity contribution is -0.140. The molecule has 3 rings (SSSR count). The predicted molar refractivity (Wildman–Crippen MR) is 108 cm³/mol. The van der Waals surface area contributed by atoms with Crippen molar-refractivity contribution in [2.45, 2.75) is 26.4 Å².